The van der Waals surface area contributed by atoms with Crippen LogP contribution in [0.25, 0.3) is 0 Å². The monoisotopic (exact) mass is 267 g/mol. The molecule has 0 spiro atoms. The lowest BCUT2D eigenvalue weighted by Crippen LogP contribution is -2.28. The smallest absolute Gasteiger partial charge is 0.309 e. The van der Waals surface area contributed by atoms with Crippen LogP contribution in [-0.2, 0) is 4.79 Å². The second-order valence-electron chi connectivity index (χ2n) is 5.32. The van der Waals surface area contributed by atoms with E-state index in [1.807, 2.05) is 17.9 Å². The van der Waals surface area contributed by atoms with E-state index in [4.69, 9.17) is 5.11 Å². The van der Waals surface area contributed by atoms with Crippen molar-refractivity contribution in [3.8, 4) is 0 Å². The largest absolute Gasteiger partial charge is 0.481 e. The molecule has 0 aliphatic carbocycles. The van der Waals surface area contributed by atoms with E-state index >= 15 is 0 Å². The number of rotatable bonds is 7. The highest BCUT2D eigenvalue weighted by atomic mass is 19.1. The highest BCUT2D eigenvalue weighted by Gasteiger charge is 2.26. The van der Waals surface area contributed by atoms with Crippen LogP contribution in [0.2, 0.25) is 0 Å². The second-order valence-corrected chi connectivity index (χ2v) is 5.32. The van der Waals surface area contributed by atoms with Gasteiger partial charge in [-0.05, 0) is 45.7 Å². The third-order valence-electron chi connectivity index (χ3n) is 3.38. The number of anilines is 1. The van der Waals surface area contributed by atoms with Crippen LogP contribution in [0.15, 0.2) is 24.3 Å². The van der Waals surface area contributed by atoms with Gasteiger partial charge in [-0.3, -0.25) is 4.79 Å². The number of aliphatic carboxylic acids is 1. The minimum Gasteiger partial charge on any atom is -0.481 e. The molecule has 0 radical (unpaired) electrons. The van der Waals surface area contributed by atoms with Crippen molar-refractivity contribution >= 4 is 11.7 Å². The average Bonchev–Trinajstić information content (AvgIpc) is 2.35. The van der Waals surface area contributed by atoms with Crippen molar-refractivity contribution in [3.63, 3.8) is 0 Å². The van der Waals surface area contributed by atoms with Crippen molar-refractivity contribution in [2.45, 2.75) is 33.6 Å². The van der Waals surface area contributed by atoms with Crippen LogP contribution in [0.1, 0.15) is 33.6 Å². The predicted octanol–water partition coefficient (Wildman–Crippen LogP) is 3.54. The Kier molecular flexibility index (Phi) is 5.33. The Morgan fingerprint density at radius 2 is 2.00 bits per heavy atom. The molecule has 0 aliphatic heterocycles. The maximum absolute atomic E-state index is 13.7. The number of para-hydroxylation sites is 1. The van der Waals surface area contributed by atoms with Gasteiger partial charge in [-0.25, -0.2) is 4.39 Å². The predicted molar refractivity (Wildman–Crippen MR) is 74.9 cm³/mol. The minimum atomic E-state index is -0.790. The third-order valence-corrected chi connectivity index (χ3v) is 3.38. The molecule has 1 aromatic carbocycles. The molecule has 0 bridgehead atoms. The number of halogens is 1. The lowest BCUT2D eigenvalue weighted by molar-refractivity contribution is -0.147. The summed E-state index contributed by atoms with van der Waals surface area (Å²) < 4.78 is 13.7. The summed E-state index contributed by atoms with van der Waals surface area (Å²) in [5.74, 6) is -1.02. The van der Waals surface area contributed by atoms with Crippen molar-refractivity contribution < 1.29 is 14.3 Å². The van der Waals surface area contributed by atoms with Crippen LogP contribution in [0.5, 0.6) is 0 Å². The van der Waals surface area contributed by atoms with Gasteiger partial charge in [0, 0.05) is 13.1 Å². The van der Waals surface area contributed by atoms with Gasteiger partial charge < -0.3 is 10.0 Å². The molecule has 0 fully saturated rings. The molecular weight excluding hydrogens is 245 g/mol. The van der Waals surface area contributed by atoms with E-state index in [2.05, 4.69) is 0 Å². The first-order chi connectivity index (χ1) is 8.88. The fraction of sp³-hybridized carbons (Fsp3) is 0.533. The molecule has 1 N–H and O–H groups in total. The number of nitrogens with zero attached hydrogens (tertiary/aromatic N) is 1. The first-order valence-electron chi connectivity index (χ1n) is 6.61. The van der Waals surface area contributed by atoms with E-state index in [0.29, 0.717) is 25.2 Å². The maximum Gasteiger partial charge on any atom is 0.309 e. The van der Waals surface area contributed by atoms with E-state index in [1.54, 1.807) is 26.0 Å². The summed E-state index contributed by atoms with van der Waals surface area (Å²) in [7, 11) is 0. The zero-order valence-electron chi connectivity index (χ0n) is 11.8. The zero-order valence-corrected chi connectivity index (χ0v) is 11.8. The second kappa shape index (κ2) is 6.55. The topological polar surface area (TPSA) is 40.5 Å². The van der Waals surface area contributed by atoms with E-state index in [-0.39, 0.29) is 5.82 Å². The quantitative estimate of drug-likeness (QED) is 0.821. The Labute approximate surface area is 114 Å². The molecule has 0 heterocycles. The molecule has 0 unspecified atom stereocenters. The highest BCUT2D eigenvalue weighted by molar-refractivity contribution is 5.73. The molecule has 0 aromatic heterocycles. The van der Waals surface area contributed by atoms with Crippen molar-refractivity contribution in [2.24, 2.45) is 5.41 Å². The lowest BCUT2D eigenvalue weighted by Gasteiger charge is -2.26. The van der Waals surface area contributed by atoms with Gasteiger partial charge in [0.25, 0.3) is 0 Å². The fourth-order valence-corrected chi connectivity index (χ4v) is 1.98. The van der Waals surface area contributed by atoms with Gasteiger partial charge in [-0.2, -0.15) is 0 Å². The Morgan fingerprint density at radius 1 is 1.37 bits per heavy atom. The van der Waals surface area contributed by atoms with Crippen LogP contribution >= 0.6 is 0 Å². The number of hydrogen-bond donors (Lipinski definition) is 1. The molecule has 0 atom stereocenters. The first kappa shape index (κ1) is 15.5. The molecular formula is C15H22FNO2. The normalized spacial score (nSPS) is 11.4. The van der Waals surface area contributed by atoms with Crippen molar-refractivity contribution in [1.29, 1.82) is 0 Å². The summed E-state index contributed by atoms with van der Waals surface area (Å²) in [6.45, 7) is 6.76. The van der Waals surface area contributed by atoms with Gasteiger partial charge in [-0.1, -0.05) is 12.1 Å². The average molecular weight is 267 g/mol. The summed E-state index contributed by atoms with van der Waals surface area (Å²) in [6.07, 6.45) is 1.30. The Balaban J connectivity index is 2.60. The van der Waals surface area contributed by atoms with Gasteiger partial charge >= 0.3 is 5.97 Å². The summed E-state index contributed by atoms with van der Waals surface area (Å²) in [5, 5.41) is 9.05. The summed E-state index contributed by atoms with van der Waals surface area (Å²) in [4.78, 5) is 13.0. The SMILES string of the molecule is CCN(CCCC(C)(C)C(=O)O)c1ccccc1F. The standard InChI is InChI=1S/C15H22FNO2/c1-4-17(13-9-6-5-8-12(13)16)11-7-10-15(2,3)14(18)19/h5-6,8-9H,4,7,10-11H2,1-3H3,(H,18,19). The molecule has 4 heteroatoms. The van der Waals surface area contributed by atoms with Gasteiger partial charge in [0.15, 0.2) is 0 Å². The Morgan fingerprint density at radius 3 is 2.53 bits per heavy atom. The van der Waals surface area contributed by atoms with Gasteiger partial charge in [0.1, 0.15) is 5.82 Å². The lowest BCUT2D eigenvalue weighted by atomic mass is 9.88. The molecule has 19 heavy (non-hydrogen) atoms. The molecule has 106 valence electrons. The zero-order chi connectivity index (χ0) is 14.5. The van der Waals surface area contributed by atoms with Crippen molar-refractivity contribution in [2.75, 3.05) is 18.0 Å². The molecule has 1 aromatic rings. The molecule has 3 nitrogen and oxygen atoms in total. The fourth-order valence-electron chi connectivity index (χ4n) is 1.98. The molecule has 0 saturated heterocycles. The molecule has 1 rings (SSSR count). The van der Waals surface area contributed by atoms with E-state index in [0.717, 1.165) is 6.42 Å². The highest BCUT2D eigenvalue weighted by Crippen LogP contribution is 2.24. The number of carboxylic acid groups (broad SMARTS) is 1. The number of carboxylic acids is 1. The summed E-state index contributed by atoms with van der Waals surface area (Å²) in [6, 6.07) is 6.67. The van der Waals surface area contributed by atoms with Gasteiger partial charge in [0.2, 0.25) is 0 Å². The van der Waals surface area contributed by atoms with Crippen LogP contribution in [0, 0.1) is 11.2 Å². The summed E-state index contributed by atoms with van der Waals surface area (Å²) in [5.41, 5.74) is -0.146. The number of carbonyl (C=O) groups is 1. The Hall–Kier alpha value is -1.58. The molecule has 0 amide bonds. The molecule has 0 aliphatic rings. The number of hydrogen-bond acceptors (Lipinski definition) is 2. The van der Waals surface area contributed by atoms with Gasteiger partial charge in [-0.15, -0.1) is 0 Å². The van der Waals surface area contributed by atoms with Crippen molar-refractivity contribution in [3.05, 3.63) is 30.1 Å². The summed E-state index contributed by atoms with van der Waals surface area (Å²) >= 11 is 0. The van der Waals surface area contributed by atoms with Crippen LogP contribution in [0.3, 0.4) is 0 Å². The van der Waals surface area contributed by atoms with E-state index in [1.165, 1.54) is 6.07 Å². The van der Waals surface area contributed by atoms with E-state index in [9.17, 15) is 9.18 Å². The molecule has 0 saturated carbocycles. The maximum atomic E-state index is 13.7. The van der Waals surface area contributed by atoms with Crippen molar-refractivity contribution in [1.82, 2.24) is 0 Å². The number of benzene rings is 1. The van der Waals surface area contributed by atoms with Crippen LogP contribution < -0.4 is 4.90 Å². The van der Waals surface area contributed by atoms with Gasteiger partial charge in [0.05, 0.1) is 11.1 Å². The van der Waals surface area contributed by atoms with Crippen LogP contribution in [0.4, 0.5) is 10.1 Å². The van der Waals surface area contributed by atoms with Crippen LogP contribution in [-0.4, -0.2) is 24.2 Å². The van der Waals surface area contributed by atoms with E-state index < -0.39 is 11.4 Å². The first-order valence-corrected chi connectivity index (χ1v) is 6.61. The third kappa shape index (κ3) is 4.23. The minimum absolute atomic E-state index is 0.234. The Bertz CT molecular complexity index is 432.